The maximum atomic E-state index is 13.0. The molecule has 2 rings (SSSR count). The van der Waals surface area contributed by atoms with E-state index in [1.54, 1.807) is 0 Å². The van der Waals surface area contributed by atoms with Gasteiger partial charge in [-0.05, 0) is 24.3 Å². The number of rotatable bonds is 3. The predicted molar refractivity (Wildman–Crippen MR) is 68.0 cm³/mol. The maximum Gasteiger partial charge on any atom is 0.271 e. The molecule has 0 amide bonds. The van der Waals surface area contributed by atoms with Crippen LogP contribution in [0.1, 0.15) is 0 Å². The molecular weight excluding hydrogens is 274 g/mol. The predicted octanol–water partition coefficient (Wildman–Crippen LogP) is 3.61. The first-order chi connectivity index (χ1) is 8.97. The molecule has 0 aliphatic rings. The third-order valence-electron chi connectivity index (χ3n) is 2.32. The van der Waals surface area contributed by atoms with Gasteiger partial charge >= 0.3 is 0 Å². The van der Waals surface area contributed by atoms with E-state index in [0.29, 0.717) is 9.79 Å². The Hall–Kier alpha value is -2.15. The molecule has 2 N–H and O–H groups in total. The van der Waals surface area contributed by atoms with Crippen molar-refractivity contribution in [3.63, 3.8) is 0 Å². The van der Waals surface area contributed by atoms with Gasteiger partial charge in [0, 0.05) is 21.9 Å². The van der Waals surface area contributed by atoms with Crippen LogP contribution < -0.4 is 5.73 Å². The van der Waals surface area contributed by atoms with Crippen LogP contribution in [-0.4, -0.2) is 4.92 Å². The highest BCUT2D eigenvalue weighted by Crippen LogP contribution is 2.34. The number of nitrogen functional groups attached to an aromatic ring is 1. The van der Waals surface area contributed by atoms with Gasteiger partial charge in [0.05, 0.1) is 10.6 Å². The standard InChI is InChI=1S/C12H8F2N2O2S/c13-9-3-2-8(6-10(9)14)19-12-4-1-7(16(17)18)5-11(12)15/h1-6H,15H2. The molecule has 0 radical (unpaired) electrons. The van der Waals surface area contributed by atoms with Gasteiger partial charge in [0.1, 0.15) is 0 Å². The van der Waals surface area contributed by atoms with Crippen molar-refractivity contribution in [3.05, 3.63) is 58.1 Å². The Bertz CT molecular complexity index is 650. The molecule has 0 heterocycles. The van der Waals surface area contributed by atoms with Crippen molar-refractivity contribution in [2.75, 3.05) is 5.73 Å². The van der Waals surface area contributed by atoms with Crippen molar-refractivity contribution >= 4 is 23.1 Å². The molecule has 7 heteroatoms. The molecule has 0 atom stereocenters. The van der Waals surface area contributed by atoms with Crippen molar-refractivity contribution in [3.8, 4) is 0 Å². The second-order valence-electron chi connectivity index (χ2n) is 3.66. The van der Waals surface area contributed by atoms with Crippen molar-refractivity contribution < 1.29 is 13.7 Å². The molecular formula is C12H8F2N2O2S. The molecule has 0 spiro atoms. The zero-order valence-corrected chi connectivity index (χ0v) is 10.3. The summed E-state index contributed by atoms with van der Waals surface area (Å²) in [5.41, 5.74) is 5.78. The largest absolute Gasteiger partial charge is 0.398 e. The summed E-state index contributed by atoms with van der Waals surface area (Å²) in [6.07, 6.45) is 0. The average molecular weight is 282 g/mol. The van der Waals surface area contributed by atoms with Crippen LogP contribution in [0.4, 0.5) is 20.2 Å². The van der Waals surface area contributed by atoms with Crippen LogP contribution in [0, 0.1) is 21.7 Å². The molecule has 0 aliphatic heterocycles. The number of nitrogens with zero attached hydrogens (tertiary/aromatic N) is 1. The number of nitrogens with two attached hydrogens (primary N) is 1. The molecule has 0 saturated carbocycles. The average Bonchev–Trinajstić information content (AvgIpc) is 2.36. The van der Waals surface area contributed by atoms with Gasteiger partial charge < -0.3 is 5.73 Å². The normalized spacial score (nSPS) is 10.4. The summed E-state index contributed by atoms with van der Waals surface area (Å²) in [6.45, 7) is 0. The molecule has 4 nitrogen and oxygen atoms in total. The molecule has 0 aliphatic carbocycles. The van der Waals surface area contributed by atoms with Gasteiger partial charge in [-0.25, -0.2) is 8.78 Å². The van der Waals surface area contributed by atoms with E-state index in [1.165, 1.54) is 24.3 Å². The number of non-ortho nitro benzene ring substituents is 1. The highest BCUT2D eigenvalue weighted by molar-refractivity contribution is 7.99. The highest BCUT2D eigenvalue weighted by Gasteiger charge is 2.10. The number of benzene rings is 2. The smallest absolute Gasteiger partial charge is 0.271 e. The van der Waals surface area contributed by atoms with Crippen molar-refractivity contribution in [1.29, 1.82) is 0 Å². The zero-order chi connectivity index (χ0) is 14.0. The lowest BCUT2D eigenvalue weighted by Gasteiger charge is -2.05. The van der Waals surface area contributed by atoms with Gasteiger partial charge in [0.2, 0.25) is 0 Å². The second-order valence-corrected chi connectivity index (χ2v) is 4.77. The van der Waals surface area contributed by atoms with Gasteiger partial charge in [-0.15, -0.1) is 0 Å². The van der Waals surface area contributed by atoms with Gasteiger partial charge in [-0.3, -0.25) is 10.1 Å². The zero-order valence-electron chi connectivity index (χ0n) is 9.47. The van der Waals surface area contributed by atoms with Crippen molar-refractivity contribution in [2.24, 2.45) is 0 Å². The summed E-state index contributed by atoms with van der Waals surface area (Å²) in [5.74, 6) is -1.88. The Balaban J connectivity index is 2.28. The minimum atomic E-state index is -0.953. The molecule has 0 aromatic heterocycles. The van der Waals surface area contributed by atoms with E-state index < -0.39 is 16.6 Å². The minimum absolute atomic E-state index is 0.118. The van der Waals surface area contributed by atoms with Crippen molar-refractivity contribution in [2.45, 2.75) is 9.79 Å². The Morgan fingerprint density at radius 2 is 1.84 bits per heavy atom. The molecule has 0 bridgehead atoms. The molecule has 2 aromatic carbocycles. The third kappa shape index (κ3) is 3.00. The molecule has 0 fully saturated rings. The third-order valence-corrected chi connectivity index (χ3v) is 3.40. The van der Waals surface area contributed by atoms with E-state index in [4.69, 9.17) is 5.73 Å². The number of nitro groups is 1. The Kier molecular flexibility index (Phi) is 3.66. The quantitative estimate of drug-likeness (QED) is 0.530. The van der Waals surface area contributed by atoms with Gasteiger partial charge in [-0.1, -0.05) is 11.8 Å². The van der Waals surface area contributed by atoms with E-state index in [-0.39, 0.29) is 11.4 Å². The lowest BCUT2D eigenvalue weighted by atomic mass is 10.3. The Morgan fingerprint density at radius 1 is 1.11 bits per heavy atom. The summed E-state index contributed by atoms with van der Waals surface area (Å²) in [7, 11) is 0. The highest BCUT2D eigenvalue weighted by atomic mass is 32.2. The van der Waals surface area contributed by atoms with Crippen LogP contribution >= 0.6 is 11.8 Å². The number of anilines is 1. The van der Waals surface area contributed by atoms with Crippen molar-refractivity contribution in [1.82, 2.24) is 0 Å². The molecule has 19 heavy (non-hydrogen) atoms. The summed E-state index contributed by atoms with van der Waals surface area (Å²) < 4.78 is 25.8. The van der Waals surface area contributed by atoms with Crippen LogP contribution in [0.15, 0.2) is 46.2 Å². The fourth-order valence-electron chi connectivity index (χ4n) is 1.41. The van der Waals surface area contributed by atoms with Gasteiger partial charge in [0.25, 0.3) is 5.69 Å². The number of halogens is 2. The monoisotopic (exact) mass is 282 g/mol. The van der Waals surface area contributed by atoms with E-state index in [0.717, 1.165) is 23.9 Å². The summed E-state index contributed by atoms with van der Waals surface area (Å²) in [4.78, 5) is 11.0. The molecule has 0 saturated heterocycles. The summed E-state index contributed by atoms with van der Waals surface area (Å²) in [6, 6.07) is 7.46. The van der Waals surface area contributed by atoms with Crippen LogP contribution in [0.3, 0.4) is 0 Å². The first-order valence-electron chi connectivity index (χ1n) is 5.14. The van der Waals surface area contributed by atoms with Gasteiger partial charge in [-0.2, -0.15) is 0 Å². The van der Waals surface area contributed by atoms with Crippen LogP contribution in [0.2, 0.25) is 0 Å². The second kappa shape index (κ2) is 5.23. The maximum absolute atomic E-state index is 13.0. The lowest BCUT2D eigenvalue weighted by Crippen LogP contribution is -1.93. The van der Waals surface area contributed by atoms with E-state index >= 15 is 0 Å². The Labute approximate surface area is 111 Å². The first-order valence-corrected chi connectivity index (χ1v) is 5.96. The Morgan fingerprint density at radius 3 is 2.42 bits per heavy atom. The molecule has 0 unspecified atom stereocenters. The number of nitro benzene ring substituents is 1. The topological polar surface area (TPSA) is 69.2 Å². The van der Waals surface area contributed by atoms with Crippen LogP contribution in [0.5, 0.6) is 0 Å². The summed E-state index contributed by atoms with van der Waals surface area (Å²) in [5, 5.41) is 10.6. The first kappa shape index (κ1) is 13.3. The SMILES string of the molecule is Nc1cc([N+](=O)[O-])ccc1Sc1ccc(F)c(F)c1. The van der Waals surface area contributed by atoms with Crippen LogP contribution in [0.25, 0.3) is 0 Å². The molecule has 2 aromatic rings. The number of hydrogen-bond donors (Lipinski definition) is 1. The van der Waals surface area contributed by atoms with E-state index in [2.05, 4.69) is 0 Å². The van der Waals surface area contributed by atoms with E-state index in [1.807, 2.05) is 0 Å². The fourth-order valence-corrected chi connectivity index (χ4v) is 2.27. The molecule has 98 valence electrons. The van der Waals surface area contributed by atoms with Gasteiger partial charge in [0.15, 0.2) is 11.6 Å². The minimum Gasteiger partial charge on any atom is -0.398 e. The number of hydrogen-bond acceptors (Lipinski definition) is 4. The fraction of sp³-hybridized carbons (Fsp3) is 0. The lowest BCUT2D eigenvalue weighted by molar-refractivity contribution is -0.384. The van der Waals surface area contributed by atoms with Crippen LogP contribution in [-0.2, 0) is 0 Å². The summed E-state index contributed by atoms with van der Waals surface area (Å²) >= 11 is 1.10. The van der Waals surface area contributed by atoms with E-state index in [9.17, 15) is 18.9 Å².